The van der Waals surface area contributed by atoms with E-state index >= 15 is 0 Å². The molecule has 2 aliphatic carbocycles. The minimum atomic E-state index is -0.322. The molecular formula is C26H27N7O. The largest absolute Gasteiger partial charge is 0.378 e. The molecule has 2 saturated carbocycles. The summed E-state index contributed by atoms with van der Waals surface area (Å²) in [6.07, 6.45) is 5.27. The van der Waals surface area contributed by atoms with E-state index in [9.17, 15) is 0 Å². The van der Waals surface area contributed by atoms with Gasteiger partial charge >= 0.3 is 0 Å². The number of aromatic nitrogens is 4. The smallest absolute Gasteiger partial charge is 0.264 e. The van der Waals surface area contributed by atoms with Gasteiger partial charge in [-0.05, 0) is 25.8 Å². The molecule has 8 heteroatoms. The van der Waals surface area contributed by atoms with Gasteiger partial charge in [-0.1, -0.05) is 12.1 Å². The van der Waals surface area contributed by atoms with Crippen molar-refractivity contribution in [3.05, 3.63) is 53.3 Å². The Labute approximate surface area is 198 Å². The van der Waals surface area contributed by atoms with Crippen molar-refractivity contribution in [1.29, 1.82) is 0 Å². The SMILES string of the molecule is [C-]#[N+][C@@]1(c2ccc3cnn(-c4cc(N5CC6(C5)CN(C5COC5)C6)nc(C)n4)c3c2)CC12CC2. The van der Waals surface area contributed by atoms with Crippen LogP contribution in [0.15, 0.2) is 30.5 Å². The van der Waals surface area contributed by atoms with Crippen LogP contribution in [-0.2, 0) is 10.3 Å². The highest BCUT2D eigenvalue weighted by atomic mass is 16.5. The Morgan fingerprint density at radius 1 is 1.06 bits per heavy atom. The molecule has 8 rings (SSSR count). The molecular weight excluding hydrogens is 426 g/mol. The fourth-order valence-corrected chi connectivity index (χ4v) is 6.72. The van der Waals surface area contributed by atoms with E-state index in [1.54, 1.807) is 0 Å². The highest BCUT2D eigenvalue weighted by Crippen LogP contribution is 2.79. The lowest BCUT2D eigenvalue weighted by Crippen LogP contribution is -2.75. The van der Waals surface area contributed by atoms with Gasteiger partial charge in [0, 0.05) is 55.0 Å². The number of nitrogens with zero attached hydrogens (tertiary/aromatic N) is 7. The van der Waals surface area contributed by atoms with Crippen molar-refractivity contribution < 1.29 is 4.74 Å². The predicted octanol–water partition coefficient (Wildman–Crippen LogP) is 2.94. The predicted molar refractivity (Wildman–Crippen MR) is 127 cm³/mol. The van der Waals surface area contributed by atoms with Crippen molar-refractivity contribution >= 4 is 16.7 Å². The van der Waals surface area contributed by atoms with Crippen molar-refractivity contribution in [3.8, 4) is 5.82 Å². The van der Waals surface area contributed by atoms with Crippen LogP contribution in [0.1, 0.15) is 30.7 Å². The molecule has 1 aromatic carbocycles. The first-order valence-electron chi connectivity index (χ1n) is 12.3. The molecule has 5 fully saturated rings. The number of fused-ring (bicyclic) bond motifs is 1. The summed E-state index contributed by atoms with van der Waals surface area (Å²) in [5, 5.41) is 5.76. The van der Waals surface area contributed by atoms with Gasteiger partial charge in [-0.25, -0.2) is 21.2 Å². The van der Waals surface area contributed by atoms with E-state index in [0.29, 0.717) is 11.5 Å². The molecule has 1 atom stereocenters. The summed E-state index contributed by atoms with van der Waals surface area (Å²) in [5.74, 6) is 2.54. The van der Waals surface area contributed by atoms with Crippen LogP contribution in [0.5, 0.6) is 0 Å². The molecule has 0 amide bonds. The highest BCUT2D eigenvalue weighted by Gasteiger charge is 2.82. The third-order valence-electron chi connectivity index (χ3n) is 9.06. The Bertz CT molecular complexity index is 1380. The Kier molecular flexibility index (Phi) is 3.49. The van der Waals surface area contributed by atoms with Crippen LogP contribution in [-0.4, -0.2) is 70.1 Å². The van der Waals surface area contributed by atoms with E-state index in [-0.39, 0.29) is 11.0 Å². The van der Waals surface area contributed by atoms with Crippen LogP contribution in [0.25, 0.3) is 21.6 Å². The molecule has 0 N–H and O–H groups in total. The van der Waals surface area contributed by atoms with Gasteiger partial charge < -0.3 is 14.5 Å². The van der Waals surface area contributed by atoms with Crippen molar-refractivity contribution in [1.82, 2.24) is 24.6 Å². The van der Waals surface area contributed by atoms with E-state index in [0.717, 1.165) is 66.7 Å². The van der Waals surface area contributed by atoms with Crippen LogP contribution in [0.4, 0.5) is 5.82 Å². The molecule has 5 aliphatic rings. The van der Waals surface area contributed by atoms with Gasteiger partial charge in [-0.2, -0.15) is 5.10 Å². The second-order valence-corrected chi connectivity index (χ2v) is 11.3. The summed E-state index contributed by atoms with van der Waals surface area (Å²) < 4.78 is 7.28. The van der Waals surface area contributed by atoms with Crippen LogP contribution in [0, 0.1) is 24.3 Å². The van der Waals surface area contributed by atoms with E-state index in [2.05, 4.69) is 44.0 Å². The van der Waals surface area contributed by atoms with E-state index in [4.69, 9.17) is 21.3 Å². The van der Waals surface area contributed by atoms with Gasteiger partial charge in [0.05, 0.1) is 36.4 Å². The number of benzene rings is 1. The summed E-state index contributed by atoms with van der Waals surface area (Å²) >= 11 is 0. The molecule has 0 radical (unpaired) electrons. The molecule has 5 heterocycles. The molecule has 2 spiro atoms. The molecule has 2 aromatic heterocycles. The summed E-state index contributed by atoms with van der Waals surface area (Å²) in [6.45, 7) is 16.1. The normalized spacial score (nSPS) is 28.4. The molecule has 34 heavy (non-hydrogen) atoms. The first kappa shape index (κ1) is 19.3. The fourth-order valence-electron chi connectivity index (χ4n) is 6.72. The summed E-state index contributed by atoms with van der Waals surface area (Å²) in [5.41, 5.74) is 2.50. The third-order valence-corrected chi connectivity index (χ3v) is 9.06. The van der Waals surface area contributed by atoms with Crippen LogP contribution in [0.3, 0.4) is 0 Å². The molecule has 0 bridgehead atoms. The number of likely N-dealkylation sites (tertiary alicyclic amines) is 1. The van der Waals surface area contributed by atoms with Crippen molar-refractivity contribution in [2.45, 2.75) is 37.8 Å². The molecule has 3 aliphatic heterocycles. The lowest BCUT2D eigenvalue weighted by molar-refractivity contribution is -0.137. The average molecular weight is 454 g/mol. The summed E-state index contributed by atoms with van der Waals surface area (Å²) in [7, 11) is 0. The first-order chi connectivity index (χ1) is 16.5. The second-order valence-electron chi connectivity index (χ2n) is 11.3. The zero-order chi connectivity index (χ0) is 22.7. The maximum Gasteiger partial charge on any atom is 0.264 e. The Hall–Kier alpha value is -3.02. The van der Waals surface area contributed by atoms with Crippen molar-refractivity contribution in [2.24, 2.45) is 10.8 Å². The Balaban J connectivity index is 1.09. The van der Waals surface area contributed by atoms with E-state index < -0.39 is 0 Å². The summed E-state index contributed by atoms with van der Waals surface area (Å²) in [6, 6.07) is 9.13. The molecule has 3 aromatic rings. The number of anilines is 1. The minimum Gasteiger partial charge on any atom is -0.378 e. The Morgan fingerprint density at radius 2 is 1.85 bits per heavy atom. The molecule has 172 valence electrons. The number of hydrogen-bond acceptors (Lipinski definition) is 6. The van der Waals surface area contributed by atoms with Crippen LogP contribution < -0.4 is 4.90 Å². The van der Waals surface area contributed by atoms with Crippen LogP contribution in [0.2, 0.25) is 0 Å². The number of aryl methyl sites for hydroxylation is 1. The second kappa shape index (κ2) is 6.15. The van der Waals surface area contributed by atoms with E-state index in [1.165, 1.54) is 25.9 Å². The number of hydrogen-bond donors (Lipinski definition) is 0. The monoisotopic (exact) mass is 453 g/mol. The van der Waals surface area contributed by atoms with Gasteiger partial charge in [-0.15, -0.1) is 0 Å². The van der Waals surface area contributed by atoms with Gasteiger partial charge in [0.25, 0.3) is 5.54 Å². The van der Waals surface area contributed by atoms with Gasteiger partial charge in [0.2, 0.25) is 0 Å². The van der Waals surface area contributed by atoms with Gasteiger partial charge in [0.1, 0.15) is 11.6 Å². The molecule has 0 unspecified atom stereocenters. The number of rotatable bonds is 4. The van der Waals surface area contributed by atoms with Gasteiger partial charge in [0.15, 0.2) is 5.82 Å². The summed E-state index contributed by atoms with van der Waals surface area (Å²) in [4.78, 5) is 18.5. The number of ether oxygens (including phenoxy) is 1. The topological polar surface area (TPSA) is 63.7 Å². The van der Waals surface area contributed by atoms with Gasteiger partial charge in [-0.3, -0.25) is 4.90 Å². The zero-order valence-electron chi connectivity index (χ0n) is 19.4. The van der Waals surface area contributed by atoms with Crippen molar-refractivity contribution in [3.63, 3.8) is 0 Å². The Morgan fingerprint density at radius 3 is 2.53 bits per heavy atom. The highest BCUT2D eigenvalue weighted by molar-refractivity contribution is 5.81. The quantitative estimate of drug-likeness (QED) is 0.566. The lowest BCUT2D eigenvalue weighted by atomic mass is 9.72. The fraction of sp³-hybridized carbons (Fsp3) is 0.538. The minimum absolute atomic E-state index is 0.252. The standard InChI is InChI=1S/C26H27N7O/c1-17-29-22(32-15-24(16-32)13-31(14-24)20-10-34-11-20)8-23(30-17)33-21-7-19(4-3-18(21)9-28-33)26(27-2)12-25(26)5-6-25/h3-4,7-9,20H,5-6,10-16H2,1H3/t26-/m1/s1. The third kappa shape index (κ3) is 2.46. The molecule has 3 saturated heterocycles. The average Bonchev–Trinajstić information content (AvgIpc) is 3.61. The van der Waals surface area contributed by atoms with Crippen LogP contribution >= 0.6 is 0 Å². The van der Waals surface area contributed by atoms with E-state index in [1.807, 2.05) is 17.8 Å². The van der Waals surface area contributed by atoms with Crippen molar-refractivity contribution in [2.75, 3.05) is 44.3 Å². The zero-order valence-corrected chi connectivity index (χ0v) is 19.4. The lowest BCUT2D eigenvalue weighted by Gasteiger charge is -2.63. The maximum atomic E-state index is 7.89. The maximum absolute atomic E-state index is 7.89. The first-order valence-corrected chi connectivity index (χ1v) is 12.3. The molecule has 8 nitrogen and oxygen atoms in total.